The number of carbonyl (C=O) groups is 1. The number of hydrogen-bond donors (Lipinski definition) is 1. The van der Waals surface area contributed by atoms with Gasteiger partial charge in [0.1, 0.15) is 5.75 Å². The summed E-state index contributed by atoms with van der Waals surface area (Å²) in [7, 11) is 5.97. The van der Waals surface area contributed by atoms with Crippen molar-refractivity contribution in [3.63, 3.8) is 0 Å². The Morgan fingerprint density at radius 2 is 2.00 bits per heavy atom. The number of carboxylic acid groups (broad SMARTS) is 1. The van der Waals surface area contributed by atoms with E-state index < -0.39 is 5.97 Å². The Morgan fingerprint density at radius 3 is 2.71 bits per heavy atom. The lowest BCUT2D eigenvalue weighted by Crippen LogP contribution is -2.29. The molecule has 0 saturated heterocycles. The van der Waals surface area contributed by atoms with E-state index in [0.717, 1.165) is 37.1 Å². The number of benzene rings is 2. The molecule has 1 saturated carbocycles. The van der Waals surface area contributed by atoms with Crippen molar-refractivity contribution in [2.45, 2.75) is 25.2 Å². The first-order chi connectivity index (χ1) is 13.5. The van der Waals surface area contributed by atoms with Gasteiger partial charge in [-0.05, 0) is 80.6 Å². The molecule has 0 radical (unpaired) electrons. The zero-order valence-electron chi connectivity index (χ0n) is 16.9. The molecule has 0 aliphatic heterocycles. The Kier molecular flexibility index (Phi) is 6.53. The van der Waals surface area contributed by atoms with Gasteiger partial charge >= 0.3 is 5.97 Å². The Balaban J connectivity index is 1.88. The molecule has 0 aromatic heterocycles. The van der Waals surface area contributed by atoms with Crippen LogP contribution in [0.25, 0.3) is 6.08 Å². The standard InChI is InChI=1S/C24H29NO3/c1-25(2)16-21-11-10-18(12-17-6-4-8-20(13-17)24(26)27)14-23(21)19-7-5-9-22(15-19)28-3/h4-9,12-13,15,21,23H,10-11,14,16H2,1-3H3,(H,26,27). The second kappa shape index (κ2) is 9.07. The van der Waals surface area contributed by atoms with Crippen molar-refractivity contribution in [2.75, 3.05) is 27.7 Å². The summed E-state index contributed by atoms with van der Waals surface area (Å²) in [6.45, 7) is 1.06. The molecule has 148 valence electrons. The molecule has 4 nitrogen and oxygen atoms in total. The van der Waals surface area contributed by atoms with Crippen molar-refractivity contribution in [2.24, 2.45) is 5.92 Å². The highest BCUT2D eigenvalue weighted by molar-refractivity contribution is 5.88. The molecule has 0 bridgehead atoms. The summed E-state index contributed by atoms with van der Waals surface area (Å²) in [4.78, 5) is 13.5. The maximum Gasteiger partial charge on any atom is 0.335 e. The van der Waals surface area contributed by atoms with Gasteiger partial charge in [-0.2, -0.15) is 0 Å². The fourth-order valence-electron chi connectivity index (χ4n) is 4.20. The average molecular weight is 380 g/mol. The van der Waals surface area contributed by atoms with Crippen LogP contribution in [0, 0.1) is 5.92 Å². The first-order valence-electron chi connectivity index (χ1n) is 9.77. The molecule has 2 aromatic rings. The molecular weight excluding hydrogens is 350 g/mol. The van der Waals surface area contributed by atoms with E-state index in [-0.39, 0.29) is 0 Å². The fourth-order valence-corrected chi connectivity index (χ4v) is 4.20. The van der Waals surface area contributed by atoms with Crippen molar-refractivity contribution >= 4 is 12.0 Å². The van der Waals surface area contributed by atoms with Crippen LogP contribution < -0.4 is 4.74 Å². The Bertz CT molecular complexity index is 856. The second-order valence-corrected chi connectivity index (χ2v) is 7.88. The molecule has 1 N–H and O–H groups in total. The molecule has 2 aromatic carbocycles. The smallest absolute Gasteiger partial charge is 0.335 e. The molecule has 4 heteroatoms. The van der Waals surface area contributed by atoms with Gasteiger partial charge in [-0.15, -0.1) is 0 Å². The van der Waals surface area contributed by atoms with E-state index >= 15 is 0 Å². The van der Waals surface area contributed by atoms with Crippen LogP contribution in [0.1, 0.15) is 46.7 Å². The van der Waals surface area contributed by atoms with Crippen LogP contribution in [0.15, 0.2) is 54.1 Å². The number of methoxy groups -OCH3 is 1. The summed E-state index contributed by atoms with van der Waals surface area (Å²) in [5.41, 5.74) is 3.99. The fraction of sp³-hybridized carbons (Fsp3) is 0.375. The van der Waals surface area contributed by atoms with Crippen LogP contribution in [0.4, 0.5) is 0 Å². The lowest BCUT2D eigenvalue weighted by atomic mass is 9.73. The normalized spacial score (nSPS) is 21.1. The number of ether oxygens (including phenoxy) is 1. The maximum atomic E-state index is 11.3. The van der Waals surface area contributed by atoms with E-state index in [4.69, 9.17) is 4.74 Å². The number of carboxylic acids is 1. The van der Waals surface area contributed by atoms with E-state index in [1.165, 1.54) is 11.1 Å². The first-order valence-corrected chi connectivity index (χ1v) is 9.77. The SMILES string of the molecule is COc1cccc(C2CC(=Cc3cccc(C(=O)O)c3)CCC2CN(C)C)c1. The van der Waals surface area contributed by atoms with Gasteiger partial charge in [0.2, 0.25) is 0 Å². The third-order valence-electron chi connectivity index (χ3n) is 5.51. The third kappa shape index (κ3) is 5.02. The number of nitrogens with zero attached hydrogens (tertiary/aromatic N) is 1. The van der Waals surface area contributed by atoms with E-state index in [2.05, 4.69) is 43.3 Å². The summed E-state index contributed by atoms with van der Waals surface area (Å²) in [5.74, 6) is 1.03. The first kappa shape index (κ1) is 20.2. The molecule has 28 heavy (non-hydrogen) atoms. The molecule has 2 atom stereocenters. The molecule has 3 rings (SSSR count). The van der Waals surface area contributed by atoms with Gasteiger partial charge in [-0.1, -0.05) is 35.9 Å². The summed E-state index contributed by atoms with van der Waals surface area (Å²) in [5, 5.41) is 9.24. The minimum atomic E-state index is -0.885. The van der Waals surface area contributed by atoms with Gasteiger partial charge in [0, 0.05) is 6.54 Å². The highest BCUT2D eigenvalue weighted by atomic mass is 16.5. The lowest BCUT2D eigenvalue weighted by molar-refractivity contribution is 0.0697. The monoisotopic (exact) mass is 379 g/mol. The Hall–Kier alpha value is -2.59. The molecule has 2 unspecified atom stereocenters. The zero-order chi connectivity index (χ0) is 20.1. The molecule has 0 amide bonds. The van der Waals surface area contributed by atoms with E-state index in [1.807, 2.05) is 18.2 Å². The molecular formula is C24H29NO3. The molecule has 0 heterocycles. The quantitative estimate of drug-likeness (QED) is 0.774. The van der Waals surface area contributed by atoms with Crippen molar-refractivity contribution in [1.82, 2.24) is 4.90 Å². The number of allylic oxidation sites excluding steroid dienone is 1. The zero-order valence-corrected chi connectivity index (χ0v) is 16.9. The van der Waals surface area contributed by atoms with Gasteiger partial charge in [0.05, 0.1) is 12.7 Å². The topological polar surface area (TPSA) is 49.8 Å². The summed E-state index contributed by atoms with van der Waals surface area (Å²) in [6, 6.07) is 15.6. The van der Waals surface area contributed by atoms with Crippen LogP contribution >= 0.6 is 0 Å². The predicted molar refractivity (Wildman–Crippen MR) is 113 cm³/mol. The van der Waals surface area contributed by atoms with E-state index in [9.17, 15) is 9.90 Å². The van der Waals surface area contributed by atoms with Gasteiger partial charge in [0.15, 0.2) is 0 Å². The highest BCUT2D eigenvalue weighted by Gasteiger charge is 2.29. The lowest BCUT2D eigenvalue weighted by Gasteiger charge is -2.35. The van der Waals surface area contributed by atoms with E-state index in [0.29, 0.717) is 17.4 Å². The summed E-state index contributed by atoms with van der Waals surface area (Å²) in [6.07, 6.45) is 5.34. The summed E-state index contributed by atoms with van der Waals surface area (Å²) < 4.78 is 5.44. The minimum Gasteiger partial charge on any atom is -0.497 e. The maximum absolute atomic E-state index is 11.3. The van der Waals surface area contributed by atoms with Gasteiger partial charge in [-0.3, -0.25) is 0 Å². The van der Waals surface area contributed by atoms with Crippen LogP contribution in [-0.4, -0.2) is 43.7 Å². The average Bonchev–Trinajstić information content (AvgIpc) is 2.69. The Labute approximate surface area is 167 Å². The molecule has 1 fully saturated rings. The highest BCUT2D eigenvalue weighted by Crippen LogP contribution is 2.42. The van der Waals surface area contributed by atoms with Gasteiger partial charge in [-0.25, -0.2) is 4.79 Å². The van der Waals surface area contributed by atoms with Crippen molar-refractivity contribution in [1.29, 1.82) is 0 Å². The predicted octanol–water partition coefficient (Wildman–Crippen LogP) is 4.92. The van der Waals surface area contributed by atoms with Crippen molar-refractivity contribution < 1.29 is 14.6 Å². The summed E-state index contributed by atoms with van der Waals surface area (Å²) >= 11 is 0. The number of rotatable bonds is 6. The van der Waals surface area contributed by atoms with Crippen molar-refractivity contribution in [3.8, 4) is 5.75 Å². The third-order valence-corrected chi connectivity index (χ3v) is 5.51. The molecule has 0 spiro atoms. The Morgan fingerprint density at radius 1 is 1.21 bits per heavy atom. The number of hydrogen-bond acceptors (Lipinski definition) is 3. The minimum absolute atomic E-state index is 0.333. The van der Waals surface area contributed by atoms with Crippen LogP contribution in [0.5, 0.6) is 5.75 Å². The van der Waals surface area contributed by atoms with Gasteiger partial charge < -0.3 is 14.7 Å². The molecule has 1 aliphatic rings. The number of aromatic carboxylic acids is 1. The van der Waals surface area contributed by atoms with Crippen LogP contribution in [0.3, 0.4) is 0 Å². The van der Waals surface area contributed by atoms with Crippen LogP contribution in [-0.2, 0) is 0 Å². The largest absolute Gasteiger partial charge is 0.497 e. The van der Waals surface area contributed by atoms with Gasteiger partial charge in [0.25, 0.3) is 0 Å². The van der Waals surface area contributed by atoms with E-state index in [1.54, 1.807) is 19.2 Å². The van der Waals surface area contributed by atoms with Crippen molar-refractivity contribution in [3.05, 3.63) is 70.8 Å². The van der Waals surface area contributed by atoms with Crippen LogP contribution in [0.2, 0.25) is 0 Å². The molecule has 1 aliphatic carbocycles. The second-order valence-electron chi connectivity index (χ2n) is 7.88.